The van der Waals surface area contributed by atoms with Crippen molar-refractivity contribution in [2.75, 3.05) is 19.7 Å². The molecule has 1 unspecified atom stereocenters. The third kappa shape index (κ3) is 3.57. The number of nitrogens with zero attached hydrogens (tertiary/aromatic N) is 1. The maximum Gasteiger partial charge on any atom is 0.416 e. The van der Waals surface area contributed by atoms with Gasteiger partial charge in [-0.15, -0.1) is 0 Å². The molecule has 1 saturated carbocycles. The fourth-order valence-corrected chi connectivity index (χ4v) is 3.39. The molecule has 2 aromatic rings. The fourth-order valence-electron chi connectivity index (χ4n) is 3.39. The molecule has 2 aliphatic rings. The summed E-state index contributed by atoms with van der Waals surface area (Å²) in [6, 6.07) is 10.9. The highest BCUT2D eigenvalue weighted by Gasteiger charge is 2.31. The Morgan fingerprint density at radius 3 is 2.38 bits per heavy atom. The van der Waals surface area contributed by atoms with Crippen LogP contribution in [-0.4, -0.2) is 24.6 Å². The maximum absolute atomic E-state index is 12.8. The zero-order valence-electron chi connectivity index (χ0n) is 14.3. The van der Waals surface area contributed by atoms with Crippen molar-refractivity contribution in [1.29, 1.82) is 0 Å². The van der Waals surface area contributed by atoms with Gasteiger partial charge in [0.05, 0.1) is 11.7 Å². The molecule has 0 radical (unpaired) electrons. The topological polar surface area (TPSA) is 38.5 Å². The van der Waals surface area contributed by atoms with E-state index in [0.29, 0.717) is 6.61 Å². The van der Waals surface area contributed by atoms with Crippen molar-refractivity contribution in [1.82, 2.24) is 4.90 Å². The molecule has 3 nitrogen and oxygen atoms in total. The van der Waals surface area contributed by atoms with Crippen LogP contribution in [0.5, 0.6) is 5.75 Å². The van der Waals surface area contributed by atoms with Gasteiger partial charge in [-0.05, 0) is 54.2 Å². The third-order valence-electron chi connectivity index (χ3n) is 5.09. The van der Waals surface area contributed by atoms with Crippen molar-refractivity contribution in [2.45, 2.75) is 25.2 Å². The highest BCUT2D eigenvalue weighted by Crippen LogP contribution is 2.37. The van der Waals surface area contributed by atoms with Crippen LogP contribution in [-0.2, 0) is 6.18 Å². The van der Waals surface area contributed by atoms with Gasteiger partial charge >= 0.3 is 6.18 Å². The van der Waals surface area contributed by atoms with E-state index in [-0.39, 0.29) is 6.17 Å². The molecule has 138 valence electrons. The Hall–Kier alpha value is -2.05. The van der Waals surface area contributed by atoms with Crippen molar-refractivity contribution in [3.05, 3.63) is 53.6 Å². The Morgan fingerprint density at radius 2 is 1.73 bits per heavy atom. The molecule has 2 N–H and O–H groups in total. The van der Waals surface area contributed by atoms with Crippen molar-refractivity contribution in [3.8, 4) is 16.9 Å². The van der Waals surface area contributed by atoms with Crippen LogP contribution in [0.15, 0.2) is 42.5 Å². The largest absolute Gasteiger partial charge is 0.492 e. The fraction of sp³-hybridized carbons (Fsp3) is 0.400. The highest BCUT2D eigenvalue weighted by atomic mass is 19.4. The van der Waals surface area contributed by atoms with Gasteiger partial charge in [0, 0.05) is 18.7 Å². The van der Waals surface area contributed by atoms with Crippen LogP contribution in [0.25, 0.3) is 11.1 Å². The molecule has 2 aromatic carbocycles. The summed E-state index contributed by atoms with van der Waals surface area (Å²) < 4.78 is 44.1. The van der Waals surface area contributed by atoms with E-state index in [2.05, 4.69) is 4.90 Å². The van der Waals surface area contributed by atoms with Gasteiger partial charge in [0.2, 0.25) is 0 Å². The Balaban J connectivity index is 1.63. The molecule has 6 heteroatoms. The monoisotopic (exact) mass is 362 g/mol. The number of hydrogen-bond acceptors (Lipinski definition) is 3. The van der Waals surface area contributed by atoms with Crippen molar-refractivity contribution >= 4 is 0 Å². The van der Waals surface area contributed by atoms with Gasteiger partial charge in [0.15, 0.2) is 0 Å². The minimum Gasteiger partial charge on any atom is -0.492 e. The zero-order chi connectivity index (χ0) is 18.3. The lowest BCUT2D eigenvalue weighted by Crippen LogP contribution is -2.37. The number of fused-ring (bicyclic) bond motifs is 1. The molecule has 4 rings (SSSR count). The Morgan fingerprint density at radius 1 is 1.04 bits per heavy atom. The van der Waals surface area contributed by atoms with Crippen LogP contribution in [0.3, 0.4) is 0 Å². The summed E-state index contributed by atoms with van der Waals surface area (Å²) in [7, 11) is 0. The second kappa shape index (κ2) is 6.59. The summed E-state index contributed by atoms with van der Waals surface area (Å²) >= 11 is 0. The Labute approximate surface area is 150 Å². The standard InChI is InChI=1S/C20H21F3N2O/c21-20(22,23)16-6-3-14(4-7-16)15-5-8-18-17(11-15)19(24)25(9-10-26-18)12-13-1-2-13/h3-8,11,13,19H,1-2,9-10,12,24H2. The smallest absolute Gasteiger partial charge is 0.416 e. The number of alkyl halides is 3. The minimum atomic E-state index is -4.33. The van der Waals surface area contributed by atoms with Crippen LogP contribution in [0.1, 0.15) is 30.1 Å². The molecular formula is C20H21F3N2O. The van der Waals surface area contributed by atoms with E-state index in [0.717, 1.165) is 53.6 Å². The lowest BCUT2D eigenvalue weighted by molar-refractivity contribution is -0.137. The first-order valence-corrected chi connectivity index (χ1v) is 8.86. The number of hydrogen-bond donors (Lipinski definition) is 1. The van der Waals surface area contributed by atoms with Crippen molar-refractivity contribution in [3.63, 3.8) is 0 Å². The van der Waals surface area contributed by atoms with Gasteiger partial charge in [-0.3, -0.25) is 4.90 Å². The number of rotatable bonds is 3. The van der Waals surface area contributed by atoms with E-state index in [4.69, 9.17) is 10.5 Å². The summed E-state index contributed by atoms with van der Waals surface area (Å²) in [4.78, 5) is 2.24. The van der Waals surface area contributed by atoms with E-state index in [1.807, 2.05) is 18.2 Å². The molecule has 1 heterocycles. The van der Waals surface area contributed by atoms with Crippen LogP contribution in [0, 0.1) is 5.92 Å². The van der Waals surface area contributed by atoms with Gasteiger partial charge in [-0.1, -0.05) is 18.2 Å². The number of halogens is 3. The predicted molar refractivity (Wildman–Crippen MR) is 93.6 cm³/mol. The normalized spacial score (nSPS) is 21.0. The molecule has 0 saturated heterocycles. The van der Waals surface area contributed by atoms with Crippen molar-refractivity contribution in [2.24, 2.45) is 11.7 Å². The van der Waals surface area contributed by atoms with E-state index >= 15 is 0 Å². The Bertz CT molecular complexity index is 785. The summed E-state index contributed by atoms with van der Waals surface area (Å²) in [6.07, 6.45) is -2.08. The average Bonchev–Trinajstić information content (AvgIpc) is 3.44. The molecule has 0 aromatic heterocycles. The summed E-state index contributed by atoms with van der Waals surface area (Å²) in [5, 5.41) is 0. The van der Waals surface area contributed by atoms with Gasteiger partial charge < -0.3 is 10.5 Å². The highest BCUT2D eigenvalue weighted by molar-refractivity contribution is 5.66. The summed E-state index contributed by atoms with van der Waals surface area (Å²) in [5.74, 6) is 1.48. The molecule has 1 aliphatic heterocycles. The first kappa shape index (κ1) is 17.4. The SMILES string of the molecule is NC1c2cc(-c3ccc(C(F)(F)F)cc3)ccc2OCCN1CC1CC1. The Kier molecular flexibility index (Phi) is 4.40. The van der Waals surface area contributed by atoms with Gasteiger partial charge in [-0.2, -0.15) is 13.2 Å². The van der Waals surface area contributed by atoms with Crippen molar-refractivity contribution < 1.29 is 17.9 Å². The number of ether oxygens (including phenoxy) is 1. The lowest BCUT2D eigenvalue weighted by Gasteiger charge is -2.26. The zero-order valence-corrected chi connectivity index (χ0v) is 14.3. The minimum absolute atomic E-state index is 0.262. The summed E-state index contributed by atoms with van der Waals surface area (Å²) in [6.45, 7) is 2.34. The lowest BCUT2D eigenvalue weighted by atomic mass is 9.99. The van der Waals surface area contributed by atoms with Gasteiger partial charge in [0.1, 0.15) is 12.4 Å². The third-order valence-corrected chi connectivity index (χ3v) is 5.09. The molecule has 1 atom stereocenters. The van der Waals surface area contributed by atoms with E-state index in [1.54, 1.807) is 0 Å². The number of nitrogens with two attached hydrogens (primary N) is 1. The van der Waals surface area contributed by atoms with Crippen LogP contribution in [0.2, 0.25) is 0 Å². The summed E-state index contributed by atoms with van der Waals surface area (Å²) in [5.41, 5.74) is 8.30. The molecule has 1 aliphatic carbocycles. The molecule has 0 amide bonds. The van der Waals surface area contributed by atoms with Crippen LogP contribution >= 0.6 is 0 Å². The predicted octanol–water partition coefficient (Wildman–Crippen LogP) is 4.43. The first-order valence-electron chi connectivity index (χ1n) is 8.86. The molecular weight excluding hydrogens is 341 g/mol. The quantitative estimate of drug-likeness (QED) is 0.878. The second-order valence-corrected chi connectivity index (χ2v) is 7.06. The maximum atomic E-state index is 12.8. The van der Waals surface area contributed by atoms with Gasteiger partial charge in [-0.25, -0.2) is 0 Å². The van der Waals surface area contributed by atoms with E-state index in [9.17, 15) is 13.2 Å². The molecule has 0 bridgehead atoms. The molecule has 1 fully saturated rings. The second-order valence-electron chi connectivity index (χ2n) is 7.06. The van der Waals surface area contributed by atoms with Crippen LogP contribution in [0.4, 0.5) is 13.2 Å². The average molecular weight is 362 g/mol. The van der Waals surface area contributed by atoms with E-state index in [1.165, 1.54) is 25.0 Å². The van der Waals surface area contributed by atoms with E-state index < -0.39 is 11.7 Å². The van der Waals surface area contributed by atoms with Crippen LogP contribution < -0.4 is 10.5 Å². The molecule has 0 spiro atoms. The molecule has 26 heavy (non-hydrogen) atoms. The van der Waals surface area contributed by atoms with Gasteiger partial charge in [0.25, 0.3) is 0 Å². The number of benzene rings is 2. The first-order chi connectivity index (χ1) is 12.4.